The van der Waals surface area contributed by atoms with Gasteiger partial charge in [0.15, 0.2) is 5.78 Å². The Balaban J connectivity index is 2.15. The van der Waals surface area contributed by atoms with Gasteiger partial charge in [0.05, 0.1) is 22.3 Å². The molecule has 1 aromatic rings. The van der Waals surface area contributed by atoms with Crippen LogP contribution in [-0.2, 0) is 28.9 Å². The number of halogens is 1. The van der Waals surface area contributed by atoms with Crippen molar-refractivity contribution in [2.75, 3.05) is 6.61 Å². The van der Waals surface area contributed by atoms with Crippen molar-refractivity contribution in [1.82, 2.24) is 9.78 Å². The van der Waals surface area contributed by atoms with Gasteiger partial charge in [-0.15, -0.1) is 0 Å². The fourth-order valence-electron chi connectivity index (χ4n) is 2.52. The second kappa shape index (κ2) is 6.85. The summed E-state index contributed by atoms with van der Waals surface area (Å²) in [5.74, 6) is 0.622. The van der Waals surface area contributed by atoms with Gasteiger partial charge in [-0.05, 0) is 55.0 Å². The summed E-state index contributed by atoms with van der Waals surface area (Å²) in [5, 5.41) is 4.54. The largest absolute Gasteiger partial charge is 0.370 e. The van der Waals surface area contributed by atoms with Gasteiger partial charge in [-0.2, -0.15) is 5.10 Å². The summed E-state index contributed by atoms with van der Waals surface area (Å²) in [4.78, 5) is 12.5. The van der Waals surface area contributed by atoms with E-state index in [1.165, 1.54) is 0 Å². The van der Waals surface area contributed by atoms with Crippen LogP contribution in [0.5, 0.6) is 0 Å². The average Bonchev–Trinajstić information content (AvgIpc) is 3.23. The van der Waals surface area contributed by atoms with Crippen LogP contribution >= 0.6 is 15.9 Å². The van der Waals surface area contributed by atoms with Crippen LogP contribution in [0.2, 0.25) is 0 Å². The smallest absolute Gasteiger partial charge is 0.167 e. The van der Waals surface area contributed by atoms with E-state index in [0.717, 1.165) is 41.7 Å². The first-order valence-corrected chi connectivity index (χ1v) is 8.29. The van der Waals surface area contributed by atoms with Crippen LogP contribution in [0, 0.1) is 5.92 Å². The molecule has 0 aromatic carbocycles. The zero-order valence-electron chi connectivity index (χ0n) is 12.5. The number of nitrogens with zero attached hydrogens (tertiary/aromatic N) is 2. The van der Waals surface area contributed by atoms with Crippen molar-refractivity contribution in [2.45, 2.75) is 59.1 Å². The lowest BCUT2D eigenvalue weighted by molar-refractivity contribution is -0.131. The molecule has 1 atom stereocenters. The molecule has 2 rings (SSSR count). The number of Topliss-reactive ketones (excluding diaryl/α,β-unsaturated/α-hetero) is 1. The Morgan fingerprint density at radius 1 is 1.45 bits per heavy atom. The summed E-state index contributed by atoms with van der Waals surface area (Å²) >= 11 is 3.60. The maximum atomic E-state index is 12.5. The van der Waals surface area contributed by atoms with Crippen LogP contribution in [-0.4, -0.2) is 28.3 Å². The molecule has 0 amide bonds. The third-order valence-corrected chi connectivity index (χ3v) is 4.66. The summed E-state index contributed by atoms with van der Waals surface area (Å²) in [6.07, 6.45) is 3.28. The number of ether oxygens (including phenoxy) is 1. The number of rotatable bonds is 8. The van der Waals surface area contributed by atoms with E-state index < -0.39 is 0 Å². The van der Waals surface area contributed by atoms with E-state index in [-0.39, 0.29) is 11.9 Å². The molecule has 20 heavy (non-hydrogen) atoms. The number of hydrogen-bond acceptors (Lipinski definition) is 3. The minimum absolute atomic E-state index is 0.187. The number of aryl methyl sites for hydroxylation is 2. The number of hydrogen-bond donors (Lipinski definition) is 0. The SMILES string of the molecule is CCOC(C(=O)Cc1c(Br)c(CC)nn1CC)C1CC1. The molecule has 1 unspecified atom stereocenters. The van der Waals surface area contributed by atoms with Gasteiger partial charge in [-0.25, -0.2) is 0 Å². The Bertz CT molecular complexity index is 480. The summed E-state index contributed by atoms with van der Waals surface area (Å²) in [5.41, 5.74) is 2.01. The second-order valence-electron chi connectivity index (χ2n) is 5.23. The lowest BCUT2D eigenvalue weighted by Gasteiger charge is -2.15. The molecular formula is C15H23BrN2O2. The van der Waals surface area contributed by atoms with Gasteiger partial charge in [0.1, 0.15) is 6.10 Å². The van der Waals surface area contributed by atoms with E-state index in [1.54, 1.807) is 0 Å². The second-order valence-corrected chi connectivity index (χ2v) is 6.03. The third-order valence-electron chi connectivity index (χ3n) is 3.75. The molecule has 4 nitrogen and oxygen atoms in total. The molecule has 112 valence electrons. The summed E-state index contributed by atoms with van der Waals surface area (Å²) in [6, 6.07) is 0. The summed E-state index contributed by atoms with van der Waals surface area (Å²) in [7, 11) is 0. The highest BCUT2D eigenvalue weighted by Crippen LogP contribution is 2.35. The molecule has 1 aliphatic rings. The minimum Gasteiger partial charge on any atom is -0.370 e. The summed E-state index contributed by atoms with van der Waals surface area (Å²) in [6.45, 7) is 7.45. The van der Waals surface area contributed by atoms with Crippen LogP contribution in [0.3, 0.4) is 0 Å². The number of carbonyl (C=O) groups is 1. The number of ketones is 1. The zero-order valence-corrected chi connectivity index (χ0v) is 14.1. The minimum atomic E-state index is -0.225. The molecular weight excluding hydrogens is 320 g/mol. The predicted molar refractivity (Wildman–Crippen MR) is 81.8 cm³/mol. The Morgan fingerprint density at radius 2 is 2.15 bits per heavy atom. The highest BCUT2D eigenvalue weighted by atomic mass is 79.9. The third kappa shape index (κ3) is 3.31. The van der Waals surface area contributed by atoms with E-state index in [9.17, 15) is 4.79 Å². The predicted octanol–water partition coefficient (Wildman–Crippen LogP) is 3.15. The van der Waals surface area contributed by atoms with E-state index in [1.807, 2.05) is 18.5 Å². The maximum Gasteiger partial charge on any atom is 0.167 e. The molecule has 0 spiro atoms. The molecule has 0 N–H and O–H groups in total. The highest BCUT2D eigenvalue weighted by Gasteiger charge is 2.37. The van der Waals surface area contributed by atoms with E-state index in [2.05, 4.69) is 28.0 Å². The standard InChI is InChI=1S/C15H23BrN2O2/c1-4-11-14(16)12(18(5-2)17-11)9-13(19)15(20-6-3)10-7-8-10/h10,15H,4-9H2,1-3H3. The van der Waals surface area contributed by atoms with Gasteiger partial charge in [-0.3, -0.25) is 9.48 Å². The van der Waals surface area contributed by atoms with Crippen molar-refractivity contribution in [1.29, 1.82) is 0 Å². The molecule has 5 heteroatoms. The number of aromatic nitrogens is 2. The van der Waals surface area contributed by atoms with Gasteiger partial charge >= 0.3 is 0 Å². The molecule has 1 aromatic heterocycles. The van der Waals surface area contributed by atoms with Crippen LogP contribution in [0.25, 0.3) is 0 Å². The average molecular weight is 343 g/mol. The summed E-state index contributed by atoms with van der Waals surface area (Å²) < 4.78 is 8.57. The van der Waals surface area contributed by atoms with Gasteiger partial charge < -0.3 is 4.74 Å². The van der Waals surface area contributed by atoms with Gasteiger partial charge in [0.25, 0.3) is 0 Å². The first-order valence-electron chi connectivity index (χ1n) is 7.50. The Labute approximate surface area is 129 Å². The Morgan fingerprint density at radius 3 is 2.65 bits per heavy atom. The molecule has 1 fully saturated rings. The molecule has 0 saturated heterocycles. The van der Waals surface area contributed by atoms with Crippen molar-refractivity contribution < 1.29 is 9.53 Å². The van der Waals surface area contributed by atoms with Crippen LogP contribution < -0.4 is 0 Å². The van der Waals surface area contributed by atoms with Gasteiger partial charge in [0.2, 0.25) is 0 Å². The Hall–Kier alpha value is -0.680. The molecule has 1 heterocycles. The van der Waals surface area contributed by atoms with Crippen molar-refractivity contribution in [3.63, 3.8) is 0 Å². The number of carbonyl (C=O) groups excluding carboxylic acids is 1. The van der Waals surface area contributed by atoms with Crippen molar-refractivity contribution in [2.24, 2.45) is 5.92 Å². The van der Waals surface area contributed by atoms with E-state index in [4.69, 9.17) is 4.74 Å². The Kier molecular flexibility index (Phi) is 5.38. The molecule has 0 aliphatic heterocycles. The van der Waals surface area contributed by atoms with Gasteiger partial charge in [-0.1, -0.05) is 6.92 Å². The lowest BCUT2D eigenvalue weighted by atomic mass is 10.1. The first kappa shape index (κ1) is 15.7. The maximum absolute atomic E-state index is 12.5. The molecule has 1 aliphatic carbocycles. The van der Waals surface area contributed by atoms with Crippen LogP contribution in [0.1, 0.15) is 45.0 Å². The first-order chi connectivity index (χ1) is 9.62. The quantitative estimate of drug-likeness (QED) is 0.728. The molecule has 0 bridgehead atoms. The van der Waals surface area contributed by atoms with E-state index >= 15 is 0 Å². The highest BCUT2D eigenvalue weighted by molar-refractivity contribution is 9.10. The fourth-order valence-corrected chi connectivity index (χ4v) is 3.23. The lowest BCUT2D eigenvalue weighted by Crippen LogP contribution is -2.29. The monoisotopic (exact) mass is 342 g/mol. The van der Waals surface area contributed by atoms with Crippen molar-refractivity contribution in [3.05, 3.63) is 15.9 Å². The van der Waals surface area contributed by atoms with Crippen LogP contribution in [0.15, 0.2) is 4.47 Å². The van der Waals surface area contributed by atoms with E-state index in [0.29, 0.717) is 18.9 Å². The molecule has 1 saturated carbocycles. The zero-order chi connectivity index (χ0) is 14.7. The molecule has 0 radical (unpaired) electrons. The van der Waals surface area contributed by atoms with Gasteiger partial charge in [0, 0.05) is 13.2 Å². The van der Waals surface area contributed by atoms with Crippen molar-refractivity contribution >= 4 is 21.7 Å². The normalized spacial score (nSPS) is 16.4. The van der Waals surface area contributed by atoms with Crippen LogP contribution in [0.4, 0.5) is 0 Å². The van der Waals surface area contributed by atoms with Crippen molar-refractivity contribution in [3.8, 4) is 0 Å². The fraction of sp³-hybridized carbons (Fsp3) is 0.733. The topological polar surface area (TPSA) is 44.1 Å².